The van der Waals surface area contributed by atoms with Crippen molar-refractivity contribution in [2.75, 3.05) is 6.26 Å². The molecule has 0 bridgehead atoms. The first kappa shape index (κ1) is 5.70. The summed E-state index contributed by atoms with van der Waals surface area (Å²) in [5.74, 6) is 0. The minimum Gasteiger partial charge on any atom is -0.130 e. The number of benzene rings is 1. The summed E-state index contributed by atoms with van der Waals surface area (Å²) in [6.07, 6.45) is 2.06. The third-order valence-electron chi connectivity index (χ3n) is 0.914. The molecule has 0 heterocycles. The largest absolute Gasteiger partial charge is 0.130 e. The molecule has 1 aromatic rings. The highest BCUT2D eigenvalue weighted by Crippen LogP contribution is 2.11. The predicted molar refractivity (Wildman–Crippen MR) is 37.1 cm³/mol. The molecule has 8 heavy (non-hydrogen) atoms. The van der Waals surface area contributed by atoms with Crippen molar-refractivity contribution in [2.24, 2.45) is 0 Å². The second-order valence-electron chi connectivity index (χ2n) is 1.44. The van der Waals surface area contributed by atoms with Gasteiger partial charge < -0.3 is 0 Å². The molecular weight excluding hydrogens is 116 g/mol. The van der Waals surface area contributed by atoms with Gasteiger partial charge in [0.15, 0.2) is 0 Å². The Balaban J connectivity index is 2.83. The summed E-state index contributed by atoms with van der Waals surface area (Å²) in [6, 6.07) is 10.9. The summed E-state index contributed by atoms with van der Waals surface area (Å²) in [7, 11) is 0. The quantitative estimate of drug-likeness (QED) is 0.516. The molecule has 0 amide bonds. The fraction of sp³-hybridized carbons (Fsp3) is 0.143. The zero-order chi connectivity index (χ0) is 5.82. The van der Waals surface area contributed by atoms with Crippen molar-refractivity contribution < 1.29 is 0 Å². The van der Waals surface area contributed by atoms with Gasteiger partial charge in [0.05, 0.1) is 0 Å². The van der Waals surface area contributed by atoms with Crippen molar-refractivity contribution in [3.63, 3.8) is 0 Å². The number of thioether (sulfide) groups is 1. The molecule has 41 valence electrons. The summed E-state index contributed by atoms with van der Waals surface area (Å²) in [5.41, 5.74) is 0. The molecule has 0 aliphatic rings. The maximum atomic E-state index is 2.99. The van der Waals surface area contributed by atoms with Gasteiger partial charge in [-0.1, -0.05) is 12.1 Å². The zero-order valence-electron chi connectivity index (χ0n) is 4.72. The molecule has 0 N–H and O–H groups in total. The van der Waals surface area contributed by atoms with E-state index in [1.54, 1.807) is 11.8 Å². The molecule has 1 heteroatoms. The monoisotopic (exact) mass is 123 g/mol. The van der Waals surface area contributed by atoms with Crippen molar-refractivity contribution >= 4 is 11.8 Å². The first-order valence-corrected chi connectivity index (χ1v) is 3.66. The molecule has 0 aliphatic heterocycles. The fourth-order valence-electron chi connectivity index (χ4n) is 0.504. The van der Waals surface area contributed by atoms with Gasteiger partial charge in [-0.25, -0.2) is 0 Å². The minimum absolute atomic E-state index is 1.27. The summed E-state index contributed by atoms with van der Waals surface area (Å²) in [5, 5.41) is 0. The van der Waals surface area contributed by atoms with Crippen LogP contribution in [0.25, 0.3) is 0 Å². The number of rotatable bonds is 1. The molecule has 0 saturated heterocycles. The highest BCUT2D eigenvalue weighted by molar-refractivity contribution is 7.98. The van der Waals surface area contributed by atoms with Gasteiger partial charge in [-0.3, -0.25) is 0 Å². The van der Waals surface area contributed by atoms with E-state index in [0.29, 0.717) is 0 Å². The molecule has 0 aromatic heterocycles. The maximum Gasteiger partial charge on any atom is 0.00752 e. The Bertz CT molecular complexity index is 146. The SMILES string of the molecule is CSc1c[c]ccc1. The average molecular weight is 123 g/mol. The smallest absolute Gasteiger partial charge is 0.00752 e. The first-order valence-electron chi connectivity index (χ1n) is 2.43. The minimum atomic E-state index is 1.27. The Kier molecular flexibility index (Phi) is 1.98. The van der Waals surface area contributed by atoms with Crippen molar-refractivity contribution in [1.29, 1.82) is 0 Å². The Morgan fingerprint density at radius 2 is 2.50 bits per heavy atom. The van der Waals surface area contributed by atoms with Crippen molar-refractivity contribution in [2.45, 2.75) is 4.90 Å². The molecule has 0 nitrogen and oxygen atoms in total. The van der Waals surface area contributed by atoms with E-state index >= 15 is 0 Å². The van der Waals surface area contributed by atoms with Crippen molar-refractivity contribution in [3.05, 3.63) is 30.3 Å². The van der Waals surface area contributed by atoms with E-state index < -0.39 is 0 Å². The standard InChI is InChI=1S/C7H7S/c1-8-7-5-3-2-4-6-7/h2-3,5-6H,1H3. The molecule has 1 rings (SSSR count). The lowest BCUT2D eigenvalue weighted by molar-refractivity contribution is 1.46. The second-order valence-corrected chi connectivity index (χ2v) is 2.32. The van der Waals surface area contributed by atoms with Gasteiger partial charge in [-0.2, -0.15) is 0 Å². The van der Waals surface area contributed by atoms with Crippen LogP contribution in [0, 0.1) is 6.07 Å². The Morgan fingerprint density at radius 1 is 1.62 bits per heavy atom. The summed E-state index contributed by atoms with van der Waals surface area (Å²) < 4.78 is 0. The maximum absolute atomic E-state index is 2.99. The van der Waals surface area contributed by atoms with Crippen LogP contribution in [0.2, 0.25) is 0 Å². The highest BCUT2D eigenvalue weighted by Gasteiger charge is 1.80. The van der Waals surface area contributed by atoms with E-state index in [4.69, 9.17) is 0 Å². The van der Waals surface area contributed by atoms with E-state index in [9.17, 15) is 0 Å². The third kappa shape index (κ3) is 1.27. The van der Waals surface area contributed by atoms with Gasteiger partial charge in [-0.05, 0) is 24.5 Å². The van der Waals surface area contributed by atoms with Crippen LogP contribution in [0.1, 0.15) is 0 Å². The summed E-state index contributed by atoms with van der Waals surface area (Å²) in [4.78, 5) is 1.27. The highest BCUT2D eigenvalue weighted by atomic mass is 32.2. The molecule has 0 spiro atoms. The normalized spacial score (nSPS) is 9.12. The van der Waals surface area contributed by atoms with Crippen molar-refractivity contribution in [3.8, 4) is 0 Å². The Morgan fingerprint density at radius 3 is 2.88 bits per heavy atom. The lowest BCUT2D eigenvalue weighted by Gasteiger charge is -1.88. The molecule has 0 aliphatic carbocycles. The average Bonchev–Trinajstić information content (AvgIpc) is 1.90. The van der Waals surface area contributed by atoms with Crippen LogP contribution in [0.15, 0.2) is 29.2 Å². The topological polar surface area (TPSA) is 0 Å². The van der Waals surface area contributed by atoms with Gasteiger partial charge in [0.25, 0.3) is 0 Å². The Labute approximate surface area is 53.9 Å². The van der Waals surface area contributed by atoms with Crippen LogP contribution < -0.4 is 0 Å². The van der Waals surface area contributed by atoms with Crippen LogP contribution in [0.5, 0.6) is 0 Å². The van der Waals surface area contributed by atoms with Crippen LogP contribution in [-0.2, 0) is 0 Å². The Hall–Kier alpha value is -0.430. The van der Waals surface area contributed by atoms with E-state index in [0.717, 1.165) is 0 Å². The first-order chi connectivity index (χ1) is 3.93. The predicted octanol–water partition coefficient (Wildman–Crippen LogP) is 2.21. The van der Waals surface area contributed by atoms with Crippen LogP contribution in [-0.4, -0.2) is 6.26 Å². The number of hydrogen-bond donors (Lipinski definition) is 0. The zero-order valence-corrected chi connectivity index (χ0v) is 5.53. The molecule has 0 saturated carbocycles. The van der Waals surface area contributed by atoms with Gasteiger partial charge in [0.1, 0.15) is 0 Å². The number of hydrogen-bond acceptors (Lipinski definition) is 1. The lowest BCUT2D eigenvalue weighted by atomic mass is 10.4. The van der Waals surface area contributed by atoms with Gasteiger partial charge in [-0.15, -0.1) is 11.8 Å². The molecule has 1 aromatic carbocycles. The fourth-order valence-corrected chi connectivity index (χ4v) is 0.904. The van der Waals surface area contributed by atoms with Crippen molar-refractivity contribution in [1.82, 2.24) is 0 Å². The van der Waals surface area contributed by atoms with Gasteiger partial charge in [0, 0.05) is 4.90 Å². The summed E-state index contributed by atoms with van der Waals surface area (Å²) >= 11 is 1.74. The lowest BCUT2D eigenvalue weighted by Crippen LogP contribution is -1.63. The second kappa shape index (κ2) is 2.78. The van der Waals surface area contributed by atoms with E-state index in [1.165, 1.54) is 4.90 Å². The molecule has 0 fully saturated rings. The molecule has 1 radical (unpaired) electrons. The van der Waals surface area contributed by atoms with Crippen LogP contribution in [0.3, 0.4) is 0 Å². The summed E-state index contributed by atoms with van der Waals surface area (Å²) in [6.45, 7) is 0. The van der Waals surface area contributed by atoms with Crippen LogP contribution >= 0.6 is 11.8 Å². The molecular formula is C7H7S. The third-order valence-corrected chi connectivity index (χ3v) is 1.64. The molecule has 0 atom stereocenters. The van der Waals surface area contributed by atoms with E-state index in [2.05, 4.69) is 18.4 Å². The molecule has 0 unspecified atom stereocenters. The van der Waals surface area contributed by atoms with Gasteiger partial charge in [0.2, 0.25) is 0 Å². The van der Waals surface area contributed by atoms with Gasteiger partial charge >= 0.3 is 0 Å². The van der Waals surface area contributed by atoms with E-state index in [1.807, 2.05) is 18.2 Å². The van der Waals surface area contributed by atoms with E-state index in [-0.39, 0.29) is 0 Å². The van der Waals surface area contributed by atoms with Crippen LogP contribution in [0.4, 0.5) is 0 Å².